The number of aromatic nitrogens is 2. The van der Waals surface area contributed by atoms with Crippen LogP contribution < -0.4 is 10.6 Å². The Bertz CT molecular complexity index is 2040. The minimum atomic E-state index is -1.14. The fourth-order valence-corrected chi connectivity index (χ4v) is 7.22. The van der Waals surface area contributed by atoms with Gasteiger partial charge in [-0.25, -0.2) is 14.6 Å². The van der Waals surface area contributed by atoms with Gasteiger partial charge in [-0.2, -0.15) is 0 Å². The van der Waals surface area contributed by atoms with Crippen LogP contribution in [0.15, 0.2) is 91.1 Å². The molecule has 2 fully saturated rings. The summed E-state index contributed by atoms with van der Waals surface area (Å²) in [7, 11) is 1.27. The summed E-state index contributed by atoms with van der Waals surface area (Å²) in [6.07, 6.45) is 3.38. The number of carbonyl (C=O) groups is 3. The molecule has 2 aromatic carbocycles. The molecule has 304 valence electrons. The number of hydrogen-bond donors (Lipinski definition) is 2. The van der Waals surface area contributed by atoms with Gasteiger partial charge in [-0.05, 0) is 69.9 Å². The van der Waals surface area contributed by atoms with Crippen LogP contribution in [0.4, 0.5) is 4.79 Å². The molecule has 0 radical (unpaired) electrons. The highest BCUT2D eigenvalue weighted by Crippen LogP contribution is 2.40. The van der Waals surface area contributed by atoms with Gasteiger partial charge in [-0.15, -0.1) is 0 Å². The Morgan fingerprint density at radius 3 is 2.37 bits per heavy atom. The molecule has 2 aliphatic rings. The molecule has 0 aliphatic carbocycles. The Balaban J connectivity index is 1.37. The fraction of sp³-hybridized carbons (Fsp3) is 0.455. The molecular weight excluding hydrogens is 729 g/mol. The number of pyridine rings is 1. The van der Waals surface area contributed by atoms with Crippen LogP contribution in [0.25, 0.3) is 16.7 Å². The summed E-state index contributed by atoms with van der Waals surface area (Å²) in [5.41, 5.74) is 2.69. The van der Waals surface area contributed by atoms with Crippen molar-refractivity contribution < 1.29 is 42.8 Å². The monoisotopic (exact) mass is 782 g/mol. The third-order valence-electron chi connectivity index (χ3n) is 9.75. The van der Waals surface area contributed by atoms with Crippen molar-refractivity contribution in [1.29, 1.82) is 0 Å². The highest BCUT2D eigenvalue weighted by molar-refractivity contribution is 5.92. The summed E-state index contributed by atoms with van der Waals surface area (Å²) in [4.78, 5) is 44.9. The number of nitrogens with one attached hydrogen (secondary N) is 2. The van der Waals surface area contributed by atoms with Crippen molar-refractivity contribution in [2.45, 2.75) is 116 Å². The second-order valence-corrected chi connectivity index (χ2v) is 16.1. The van der Waals surface area contributed by atoms with Gasteiger partial charge in [0.05, 0.1) is 19.2 Å². The topological polar surface area (TPSA) is 148 Å². The minimum Gasteiger partial charge on any atom is -0.467 e. The number of benzene rings is 2. The van der Waals surface area contributed by atoms with Gasteiger partial charge >= 0.3 is 12.1 Å². The van der Waals surface area contributed by atoms with Crippen LogP contribution in [-0.4, -0.2) is 82.7 Å². The van der Waals surface area contributed by atoms with Gasteiger partial charge in [0.2, 0.25) is 5.91 Å². The van der Waals surface area contributed by atoms with Crippen molar-refractivity contribution in [3.63, 3.8) is 0 Å². The normalized spacial score (nSPS) is 21.4. The quantitative estimate of drug-likeness (QED) is 0.110. The number of methoxy groups -OCH3 is 1. The number of nitrogens with zero attached hydrogens (tertiary/aromatic N) is 2. The summed E-state index contributed by atoms with van der Waals surface area (Å²) in [5.74, 6) is -1.58. The van der Waals surface area contributed by atoms with E-state index in [1.807, 2.05) is 98.8 Å². The second-order valence-electron chi connectivity index (χ2n) is 16.1. The zero-order valence-corrected chi connectivity index (χ0v) is 33.9. The number of allylic oxidation sites excluding steroid dienone is 1. The number of ether oxygens (including phenoxy) is 6. The molecule has 0 saturated carbocycles. The lowest BCUT2D eigenvalue weighted by molar-refractivity contribution is -0.213. The second kappa shape index (κ2) is 17.6. The fourth-order valence-electron chi connectivity index (χ4n) is 7.22. The van der Waals surface area contributed by atoms with Crippen molar-refractivity contribution in [3.8, 4) is 5.82 Å². The Labute approximate surface area is 334 Å². The van der Waals surface area contributed by atoms with Gasteiger partial charge in [-0.3, -0.25) is 9.36 Å². The van der Waals surface area contributed by atoms with E-state index in [9.17, 15) is 14.4 Å². The Morgan fingerprint density at radius 1 is 0.965 bits per heavy atom. The van der Waals surface area contributed by atoms with Crippen LogP contribution in [0.1, 0.15) is 65.3 Å². The maximum Gasteiger partial charge on any atom is 0.408 e. The molecule has 4 aromatic rings. The van der Waals surface area contributed by atoms with E-state index in [-0.39, 0.29) is 12.3 Å². The highest BCUT2D eigenvalue weighted by Gasteiger charge is 2.54. The first-order valence-electron chi connectivity index (χ1n) is 19.4. The molecular formula is C44H54N4O9. The standard InChI is InChI=1S/C44H54N4O9/c1-27(2)36(40(50)52-8)47-39(49)31(46-42(51)57-43(3,4)5)25-30-29-19-12-13-20-32(29)48(35-23-14-15-24-45-35)33(30)21-16-22-34-37(53-26-28-17-10-9-11-18-28)38-41(54-34)56-44(6,7)55-38/h9-20,22-24,27,31,34,36-38,41H,21,25-26H2,1-8H3,(H,46,51)(H,47,49)/b22-16+/t31-,34+,36-,37?,38?,41+/m0/s1. The Morgan fingerprint density at radius 2 is 1.68 bits per heavy atom. The van der Waals surface area contributed by atoms with Crippen molar-refractivity contribution in [1.82, 2.24) is 20.2 Å². The molecule has 2 aliphatic heterocycles. The molecule has 13 nitrogen and oxygen atoms in total. The average Bonchev–Trinajstić information content (AvgIpc) is 3.76. The van der Waals surface area contributed by atoms with Crippen LogP contribution in [0.5, 0.6) is 0 Å². The molecule has 6 atom stereocenters. The zero-order chi connectivity index (χ0) is 40.9. The largest absolute Gasteiger partial charge is 0.467 e. The van der Waals surface area contributed by atoms with Crippen LogP contribution in [0.3, 0.4) is 0 Å². The SMILES string of the molecule is COC(=O)[C@@H](NC(=O)[C@H](Cc1c(C/C=C/[C@H]2O[C@@H]3OC(C)(C)OC3C2OCc2ccccc2)n(-c2ccccn2)c2ccccc12)NC(=O)OC(C)(C)C)C(C)C. The molecule has 6 rings (SSSR count). The molecule has 2 unspecified atom stereocenters. The number of hydrogen-bond acceptors (Lipinski definition) is 10. The smallest absolute Gasteiger partial charge is 0.408 e. The lowest BCUT2D eigenvalue weighted by Crippen LogP contribution is -2.54. The summed E-state index contributed by atoms with van der Waals surface area (Å²) in [6.45, 7) is 12.9. The molecule has 57 heavy (non-hydrogen) atoms. The maximum atomic E-state index is 14.2. The van der Waals surface area contributed by atoms with E-state index in [0.29, 0.717) is 18.8 Å². The average molecular weight is 783 g/mol. The van der Waals surface area contributed by atoms with Gasteiger partial charge in [0, 0.05) is 30.1 Å². The number of fused-ring (bicyclic) bond motifs is 2. The van der Waals surface area contributed by atoms with Gasteiger partial charge < -0.3 is 39.1 Å². The highest BCUT2D eigenvalue weighted by atomic mass is 16.8. The number of amides is 2. The number of para-hydroxylation sites is 1. The van der Waals surface area contributed by atoms with Gasteiger partial charge in [0.15, 0.2) is 12.1 Å². The Kier molecular flexibility index (Phi) is 12.8. The van der Waals surface area contributed by atoms with Gasteiger partial charge in [0.25, 0.3) is 0 Å². The molecule has 0 bridgehead atoms. The number of esters is 1. The lowest BCUT2D eigenvalue weighted by Gasteiger charge is -2.26. The molecule has 2 saturated heterocycles. The van der Waals surface area contributed by atoms with Crippen molar-refractivity contribution in [3.05, 3.63) is 108 Å². The van der Waals surface area contributed by atoms with E-state index < -0.39 is 66.0 Å². The van der Waals surface area contributed by atoms with E-state index in [0.717, 1.165) is 27.7 Å². The van der Waals surface area contributed by atoms with E-state index in [1.54, 1.807) is 40.8 Å². The molecule has 2 N–H and O–H groups in total. The summed E-state index contributed by atoms with van der Waals surface area (Å²) < 4.78 is 37.9. The van der Waals surface area contributed by atoms with Crippen LogP contribution in [0.2, 0.25) is 0 Å². The first-order chi connectivity index (χ1) is 27.1. The first-order valence-corrected chi connectivity index (χ1v) is 19.4. The summed E-state index contributed by atoms with van der Waals surface area (Å²) in [6, 6.07) is 21.4. The molecule has 2 amide bonds. The van der Waals surface area contributed by atoms with E-state index in [1.165, 1.54) is 7.11 Å². The van der Waals surface area contributed by atoms with E-state index in [4.69, 9.17) is 33.4 Å². The molecule has 4 heterocycles. The summed E-state index contributed by atoms with van der Waals surface area (Å²) in [5, 5.41) is 6.48. The van der Waals surface area contributed by atoms with Gasteiger partial charge in [-0.1, -0.05) is 80.6 Å². The summed E-state index contributed by atoms with van der Waals surface area (Å²) >= 11 is 0. The zero-order valence-electron chi connectivity index (χ0n) is 33.9. The van der Waals surface area contributed by atoms with Crippen LogP contribution in [-0.2, 0) is 57.5 Å². The van der Waals surface area contributed by atoms with Crippen molar-refractivity contribution in [2.75, 3.05) is 7.11 Å². The number of carbonyl (C=O) groups excluding carboxylic acids is 3. The maximum absolute atomic E-state index is 14.2. The number of rotatable bonds is 14. The predicted octanol–water partition coefficient (Wildman–Crippen LogP) is 6.34. The van der Waals surface area contributed by atoms with E-state index in [2.05, 4.69) is 15.2 Å². The van der Waals surface area contributed by atoms with Gasteiger partial charge in [0.1, 0.15) is 41.8 Å². The molecule has 0 spiro atoms. The van der Waals surface area contributed by atoms with Crippen molar-refractivity contribution >= 4 is 28.9 Å². The van der Waals surface area contributed by atoms with Crippen LogP contribution >= 0.6 is 0 Å². The van der Waals surface area contributed by atoms with E-state index >= 15 is 0 Å². The molecule has 2 aromatic heterocycles. The minimum absolute atomic E-state index is 0.0598. The van der Waals surface area contributed by atoms with Crippen molar-refractivity contribution in [2.24, 2.45) is 5.92 Å². The third kappa shape index (κ3) is 10.1. The Hall–Kier alpha value is -5.08. The lowest BCUT2D eigenvalue weighted by atomic mass is 9.98. The first kappa shape index (κ1) is 41.6. The van der Waals surface area contributed by atoms with Crippen LogP contribution in [0, 0.1) is 5.92 Å². The molecule has 13 heteroatoms. The predicted molar refractivity (Wildman–Crippen MR) is 213 cm³/mol. The number of alkyl carbamates (subject to hydrolysis) is 1. The third-order valence-corrected chi connectivity index (χ3v) is 9.75.